The van der Waals surface area contributed by atoms with Gasteiger partial charge in [0.25, 0.3) is 5.91 Å². The normalized spacial score (nSPS) is 10.9. The largest absolute Gasteiger partial charge is 0.484 e. The van der Waals surface area contributed by atoms with Crippen LogP contribution in [0.3, 0.4) is 0 Å². The molecule has 0 unspecified atom stereocenters. The monoisotopic (exact) mass is 276 g/mol. The van der Waals surface area contributed by atoms with Gasteiger partial charge >= 0.3 is 6.18 Å². The van der Waals surface area contributed by atoms with E-state index in [0.29, 0.717) is 0 Å². The number of hydrogen-bond acceptors (Lipinski definition) is 3. The van der Waals surface area contributed by atoms with E-state index >= 15 is 0 Å². The Balaban J connectivity index is 2.46. The van der Waals surface area contributed by atoms with Crippen LogP contribution in [-0.4, -0.2) is 31.1 Å². The fourth-order valence-electron chi connectivity index (χ4n) is 1.14. The van der Waals surface area contributed by atoms with E-state index in [2.05, 4.69) is 0 Å². The Hall–Kier alpha value is -2.25. The molecule has 0 radical (unpaired) electrons. The first-order valence-corrected chi connectivity index (χ1v) is 5.14. The van der Waals surface area contributed by atoms with Crippen molar-refractivity contribution >= 4 is 11.8 Å². The molecule has 0 aliphatic rings. The molecular weight excluding hydrogens is 265 g/mol. The second-order valence-electron chi connectivity index (χ2n) is 3.57. The van der Waals surface area contributed by atoms with Gasteiger partial charge in [0.15, 0.2) is 6.61 Å². The number of ether oxygens (including phenoxy) is 1. The second kappa shape index (κ2) is 6.07. The minimum Gasteiger partial charge on any atom is -0.484 e. The van der Waals surface area contributed by atoms with Crippen molar-refractivity contribution in [1.82, 2.24) is 5.32 Å². The third kappa shape index (κ3) is 5.75. The van der Waals surface area contributed by atoms with Crippen molar-refractivity contribution in [3.63, 3.8) is 0 Å². The zero-order valence-corrected chi connectivity index (χ0v) is 9.66. The van der Waals surface area contributed by atoms with E-state index in [0.717, 1.165) is 0 Å². The molecule has 19 heavy (non-hydrogen) atoms. The lowest BCUT2D eigenvalue weighted by molar-refractivity contribution is -0.139. The molecule has 0 aliphatic heterocycles. The van der Waals surface area contributed by atoms with E-state index in [9.17, 15) is 22.8 Å². The highest BCUT2D eigenvalue weighted by Crippen LogP contribution is 2.13. The summed E-state index contributed by atoms with van der Waals surface area (Å²) >= 11 is 0. The second-order valence-corrected chi connectivity index (χ2v) is 3.57. The van der Waals surface area contributed by atoms with E-state index in [1.807, 2.05) is 0 Å². The molecule has 8 heteroatoms. The van der Waals surface area contributed by atoms with Gasteiger partial charge in [-0.15, -0.1) is 0 Å². The number of nitrogens with one attached hydrogen (secondary N) is 1. The van der Waals surface area contributed by atoms with Crippen LogP contribution in [0, 0.1) is 0 Å². The van der Waals surface area contributed by atoms with Crippen molar-refractivity contribution in [2.24, 2.45) is 5.73 Å². The van der Waals surface area contributed by atoms with Crippen molar-refractivity contribution in [3.8, 4) is 5.75 Å². The number of rotatable bonds is 5. The maximum absolute atomic E-state index is 11.8. The van der Waals surface area contributed by atoms with Crippen molar-refractivity contribution in [3.05, 3.63) is 29.8 Å². The first-order valence-electron chi connectivity index (χ1n) is 5.14. The maximum Gasteiger partial charge on any atom is 0.405 e. The Morgan fingerprint density at radius 3 is 2.58 bits per heavy atom. The van der Waals surface area contributed by atoms with E-state index < -0.39 is 31.1 Å². The van der Waals surface area contributed by atoms with Crippen LogP contribution in [0.5, 0.6) is 5.75 Å². The van der Waals surface area contributed by atoms with Crippen LogP contribution in [0.25, 0.3) is 0 Å². The van der Waals surface area contributed by atoms with E-state index in [-0.39, 0.29) is 11.3 Å². The highest BCUT2D eigenvalue weighted by Gasteiger charge is 2.27. The predicted octanol–water partition coefficient (Wildman–Crippen LogP) is 0.843. The predicted molar refractivity (Wildman–Crippen MR) is 59.5 cm³/mol. The van der Waals surface area contributed by atoms with Crippen LogP contribution in [0.2, 0.25) is 0 Å². The minimum absolute atomic E-state index is 0.165. The third-order valence-electron chi connectivity index (χ3n) is 1.97. The van der Waals surface area contributed by atoms with Gasteiger partial charge in [-0.05, 0) is 18.2 Å². The molecule has 1 aromatic carbocycles. The van der Waals surface area contributed by atoms with Crippen LogP contribution in [0.15, 0.2) is 24.3 Å². The van der Waals surface area contributed by atoms with Crippen LogP contribution in [0.1, 0.15) is 10.4 Å². The van der Waals surface area contributed by atoms with Crippen molar-refractivity contribution < 1.29 is 27.5 Å². The number of halogens is 3. The van der Waals surface area contributed by atoms with Crippen LogP contribution >= 0.6 is 0 Å². The summed E-state index contributed by atoms with van der Waals surface area (Å²) in [6.45, 7) is -2.01. The van der Waals surface area contributed by atoms with Gasteiger partial charge in [0.1, 0.15) is 12.3 Å². The van der Waals surface area contributed by atoms with Crippen molar-refractivity contribution in [2.45, 2.75) is 6.18 Å². The lowest BCUT2D eigenvalue weighted by Gasteiger charge is -2.09. The summed E-state index contributed by atoms with van der Waals surface area (Å²) in [5, 5.41) is 1.65. The fourth-order valence-corrected chi connectivity index (χ4v) is 1.14. The highest BCUT2D eigenvalue weighted by molar-refractivity contribution is 5.93. The summed E-state index contributed by atoms with van der Waals surface area (Å²) < 4.78 is 40.4. The molecule has 5 nitrogen and oxygen atoms in total. The molecule has 0 aromatic heterocycles. The molecule has 0 saturated carbocycles. The molecule has 0 spiro atoms. The summed E-state index contributed by atoms with van der Waals surface area (Å²) in [6, 6.07) is 5.66. The number of benzene rings is 1. The average Bonchev–Trinajstić information content (AvgIpc) is 2.33. The Kier molecular flexibility index (Phi) is 4.74. The lowest BCUT2D eigenvalue weighted by atomic mass is 10.2. The molecule has 0 bridgehead atoms. The number of nitrogens with two attached hydrogens (primary N) is 1. The zero-order chi connectivity index (χ0) is 14.5. The van der Waals surface area contributed by atoms with Gasteiger partial charge in [-0.3, -0.25) is 9.59 Å². The van der Waals surface area contributed by atoms with Crippen molar-refractivity contribution in [2.75, 3.05) is 13.2 Å². The zero-order valence-electron chi connectivity index (χ0n) is 9.66. The molecule has 104 valence electrons. The van der Waals surface area contributed by atoms with Crippen molar-refractivity contribution in [1.29, 1.82) is 0 Å². The quantitative estimate of drug-likeness (QED) is 0.836. The van der Waals surface area contributed by atoms with Crippen LogP contribution < -0.4 is 15.8 Å². The minimum atomic E-state index is -4.47. The number of amides is 2. The smallest absolute Gasteiger partial charge is 0.405 e. The topological polar surface area (TPSA) is 81.4 Å². The summed E-state index contributed by atoms with van der Waals surface area (Å²) in [5.41, 5.74) is 5.21. The summed E-state index contributed by atoms with van der Waals surface area (Å²) in [4.78, 5) is 21.9. The number of carbonyl (C=O) groups is 2. The molecule has 0 atom stereocenters. The van der Waals surface area contributed by atoms with E-state index in [1.165, 1.54) is 24.3 Å². The van der Waals surface area contributed by atoms with E-state index in [1.54, 1.807) is 5.32 Å². The number of carbonyl (C=O) groups excluding carboxylic acids is 2. The standard InChI is InChI=1S/C11H11F3N2O3/c12-11(13,14)6-16-9(17)5-19-8-3-1-2-7(4-8)10(15)18/h1-4H,5-6H2,(H2,15,18)(H,16,17). The molecule has 2 amide bonds. The Bertz CT molecular complexity index is 474. The van der Waals surface area contributed by atoms with Crippen LogP contribution in [0.4, 0.5) is 13.2 Å². The lowest BCUT2D eigenvalue weighted by Crippen LogP contribution is -2.36. The maximum atomic E-state index is 11.8. The molecular formula is C11H11F3N2O3. The molecule has 0 aliphatic carbocycles. The Morgan fingerprint density at radius 1 is 1.32 bits per heavy atom. The Labute approximate surface area is 106 Å². The summed E-state index contributed by atoms with van der Waals surface area (Å²) in [6.07, 6.45) is -4.47. The molecule has 1 aromatic rings. The number of primary amides is 1. The van der Waals surface area contributed by atoms with Crippen LogP contribution in [-0.2, 0) is 4.79 Å². The molecule has 0 heterocycles. The van der Waals surface area contributed by atoms with Gasteiger partial charge in [-0.2, -0.15) is 13.2 Å². The van der Waals surface area contributed by atoms with Gasteiger partial charge in [0.2, 0.25) is 5.91 Å². The first-order chi connectivity index (χ1) is 8.78. The average molecular weight is 276 g/mol. The van der Waals surface area contributed by atoms with Gasteiger partial charge in [-0.25, -0.2) is 0 Å². The van der Waals surface area contributed by atoms with Gasteiger partial charge in [0, 0.05) is 5.56 Å². The molecule has 0 fully saturated rings. The fraction of sp³-hybridized carbons (Fsp3) is 0.273. The number of hydrogen-bond donors (Lipinski definition) is 2. The molecule has 0 saturated heterocycles. The third-order valence-corrected chi connectivity index (χ3v) is 1.97. The Morgan fingerprint density at radius 2 is 2.00 bits per heavy atom. The number of alkyl halides is 3. The van der Waals surface area contributed by atoms with Gasteiger partial charge in [0.05, 0.1) is 0 Å². The summed E-state index contributed by atoms with van der Waals surface area (Å²) in [5.74, 6) is -1.42. The first kappa shape index (κ1) is 14.8. The highest BCUT2D eigenvalue weighted by atomic mass is 19.4. The van der Waals surface area contributed by atoms with E-state index in [4.69, 9.17) is 10.5 Å². The molecule has 3 N–H and O–H groups in total. The van der Waals surface area contributed by atoms with Gasteiger partial charge in [-0.1, -0.05) is 6.07 Å². The van der Waals surface area contributed by atoms with Gasteiger partial charge < -0.3 is 15.8 Å². The molecule has 1 rings (SSSR count). The SMILES string of the molecule is NC(=O)c1cccc(OCC(=O)NCC(F)(F)F)c1. The summed E-state index contributed by atoms with van der Waals surface area (Å²) in [7, 11) is 0.